The van der Waals surface area contributed by atoms with Crippen LogP contribution in [-0.2, 0) is 5.41 Å². The first kappa shape index (κ1) is 29.3. The lowest BCUT2D eigenvalue weighted by molar-refractivity contribution is 0.0976. The molecule has 0 atom stereocenters. The zero-order valence-corrected chi connectivity index (χ0v) is 24.1. The Bertz CT molecular complexity index is 1480. The molecule has 0 spiro atoms. The maximum atomic E-state index is 12.7. The fourth-order valence-electron chi connectivity index (χ4n) is 3.88. The van der Waals surface area contributed by atoms with Crippen molar-refractivity contribution in [1.29, 1.82) is 0 Å². The highest BCUT2D eigenvalue weighted by molar-refractivity contribution is 7.80. The van der Waals surface area contributed by atoms with Gasteiger partial charge in [-0.1, -0.05) is 57.2 Å². The van der Waals surface area contributed by atoms with E-state index in [0.29, 0.717) is 41.5 Å². The molecule has 0 aromatic heterocycles. The van der Waals surface area contributed by atoms with Gasteiger partial charge >= 0.3 is 0 Å². The van der Waals surface area contributed by atoms with Crippen LogP contribution in [0, 0.1) is 0 Å². The van der Waals surface area contributed by atoms with Gasteiger partial charge in [0.15, 0.2) is 5.11 Å². The van der Waals surface area contributed by atoms with Gasteiger partial charge in [-0.2, -0.15) is 0 Å². The van der Waals surface area contributed by atoms with Crippen LogP contribution in [0.4, 0.5) is 11.4 Å². The molecule has 8 heteroatoms. The summed E-state index contributed by atoms with van der Waals surface area (Å²) in [4.78, 5) is 25.4. The minimum atomic E-state index is -0.357. The van der Waals surface area contributed by atoms with Crippen molar-refractivity contribution in [2.75, 3.05) is 23.8 Å². The quantitative estimate of drug-likeness (QED) is 0.152. The predicted octanol–water partition coefficient (Wildman–Crippen LogP) is 6.82. The summed E-state index contributed by atoms with van der Waals surface area (Å²) < 4.78 is 11.3. The molecule has 4 aromatic rings. The number of amides is 2. The molecule has 0 fully saturated rings. The van der Waals surface area contributed by atoms with Crippen LogP contribution in [-0.4, -0.2) is 30.1 Å². The number of hydrogen-bond donors (Lipinski definition) is 3. The Balaban J connectivity index is 1.24. The third-order valence-corrected chi connectivity index (χ3v) is 6.30. The van der Waals surface area contributed by atoms with E-state index in [4.69, 9.17) is 21.7 Å². The van der Waals surface area contributed by atoms with Crippen LogP contribution in [0.5, 0.6) is 11.5 Å². The van der Waals surface area contributed by atoms with Crippen LogP contribution in [0.15, 0.2) is 103 Å². The van der Waals surface area contributed by atoms with Crippen molar-refractivity contribution in [3.8, 4) is 11.5 Å². The number of nitrogens with one attached hydrogen (secondary N) is 3. The van der Waals surface area contributed by atoms with Crippen molar-refractivity contribution in [3.05, 3.63) is 120 Å². The monoisotopic (exact) mass is 567 g/mol. The average molecular weight is 568 g/mol. The van der Waals surface area contributed by atoms with Crippen LogP contribution < -0.4 is 25.4 Å². The van der Waals surface area contributed by atoms with Crippen LogP contribution in [0.25, 0.3) is 0 Å². The summed E-state index contributed by atoms with van der Waals surface area (Å²) in [5, 5.41) is 8.69. The summed E-state index contributed by atoms with van der Waals surface area (Å²) in [5.74, 6) is 0.841. The van der Waals surface area contributed by atoms with Crippen molar-refractivity contribution in [2.24, 2.45) is 0 Å². The van der Waals surface area contributed by atoms with Gasteiger partial charge in [0.2, 0.25) is 0 Å². The Kier molecular flexibility index (Phi) is 9.71. The lowest BCUT2D eigenvalue weighted by atomic mass is 9.87. The molecule has 4 aromatic carbocycles. The highest BCUT2D eigenvalue weighted by Crippen LogP contribution is 2.23. The van der Waals surface area contributed by atoms with Crippen molar-refractivity contribution < 1.29 is 19.1 Å². The van der Waals surface area contributed by atoms with E-state index in [-0.39, 0.29) is 22.3 Å². The molecule has 0 saturated heterocycles. The van der Waals surface area contributed by atoms with Gasteiger partial charge in [-0.3, -0.25) is 14.9 Å². The summed E-state index contributed by atoms with van der Waals surface area (Å²) >= 11 is 5.33. The number of thiocarbonyl (C=S) groups is 1. The number of hydrogen-bond acceptors (Lipinski definition) is 5. The second kappa shape index (κ2) is 13.6. The topological polar surface area (TPSA) is 88.7 Å². The normalized spacial score (nSPS) is 10.8. The third kappa shape index (κ3) is 8.91. The second-order valence-electron chi connectivity index (χ2n) is 10.3. The largest absolute Gasteiger partial charge is 0.490 e. The van der Waals surface area contributed by atoms with Crippen molar-refractivity contribution in [3.63, 3.8) is 0 Å². The number of carbonyl (C=O) groups excluding carboxylic acids is 2. The SMILES string of the molecule is CC(C)(C)c1ccc(C(=O)Nc2cccc(NC(=S)NC(=O)c3ccc(OCCOc4ccccc4)cc3)c2)cc1. The first-order valence-electron chi connectivity index (χ1n) is 13.2. The number of benzene rings is 4. The van der Waals surface area contributed by atoms with Crippen LogP contribution in [0.3, 0.4) is 0 Å². The average Bonchev–Trinajstić information content (AvgIpc) is 2.96. The Labute approximate surface area is 245 Å². The molecule has 0 aliphatic heterocycles. The predicted molar refractivity (Wildman–Crippen MR) is 167 cm³/mol. The molecule has 0 heterocycles. The fraction of sp³-hybridized carbons (Fsp3) is 0.182. The molecule has 3 N–H and O–H groups in total. The van der Waals surface area contributed by atoms with Gasteiger partial charge in [-0.25, -0.2) is 0 Å². The number of rotatable bonds is 9. The summed E-state index contributed by atoms with van der Waals surface area (Å²) in [6, 6.07) is 31.0. The van der Waals surface area contributed by atoms with Gasteiger partial charge in [0.25, 0.3) is 11.8 Å². The number of para-hydroxylation sites is 1. The molecule has 0 bridgehead atoms. The Morgan fingerprint density at radius 3 is 1.80 bits per heavy atom. The summed E-state index contributed by atoms with van der Waals surface area (Å²) in [7, 11) is 0. The van der Waals surface area contributed by atoms with E-state index in [9.17, 15) is 9.59 Å². The lowest BCUT2D eigenvalue weighted by Crippen LogP contribution is -2.34. The third-order valence-electron chi connectivity index (χ3n) is 6.10. The second-order valence-corrected chi connectivity index (χ2v) is 10.7. The Hall–Kier alpha value is -4.69. The molecule has 2 amide bonds. The van der Waals surface area contributed by atoms with Gasteiger partial charge in [-0.15, -0.1) is 0 Å². The van der Waals surface area contributed by atoms with Crippen LogP contribution in [0.1, 0.15) is 47.1 Å². The van der Waals surface area contributed by atoms with Crippen molar-refractivity contribution in [2.45, 2.75) is 26.2 Å². The maximum absolute atomic E-state index is 12.7. The van der Waals surface area contributed by atoms with Crippen molar-refractivity contribution in [1.82, 2.24) is 5.32 Å². The maximum Gasteiger partial charge on any atom is 0.257 e. The van der Waals surface area contributed by atoms with E-state index >= 15 is 0 Å². The number of carbonyl (C=O) groups is 2. The number of anilines is 2. The van der Waals surface area contributed by atoms with Gasteiger partial charge in [0, 0.05) is 22.5 Å². The minimum Gasteiger partial charge on any atom is -0.490 e. The highest BCUT2D eigenvalue weighted by atomic mass is 32.1. The molecule has 210 valence electrons. The van der Waals surface area contributed by atoms with E-state index in [1.54, 1.807) is 48.5 Å². The first-order chi connectivity index (χ1) is 19.7. The molecule has 0 radical (unpaired) electrons. The van der Waals surface area contributed by atoms with E-state index in [1.165, 1.54) is 0 Å². The Morgan fingerprint density at radius 2 is 1.20 bits per heavy atom. The molecule has 0 aliphatic carbocycles. The molecule has 41 heavy (non-hydrogen) atoms. The summed E-state index contributed by atoms with van der Waals surface area (Å²) in [5.41, 5.74) is 3.39. The van der Waals surface area contributed by atoms with E-state index < -0.39 is 0 Å². The molecule has 0 unspecified atom stereocenters. The molecule has 0 saturated carbocycles. The summed E-state index contributed by atoms with van der Waals surface area (Å²) in [6.07, 6.45) is 0. The lowest BCUT2D eigenvalue weighted by Gasteiger charge is -2.19. The fourth-order valence-corrected chi connectivity index (χ4v) is 4.09. The van der Waals surface area contributed by atoms with Crippen LogP contribution in [0.2, 0.25) is 0 Å². The first-order valence-corrected chi connectivity index (χ1v) is 13.6. The molecule has 0 aliphatic rings. The molecular formula is C33H33N3O4S. The number of ether oxygens (including phenoxy) is 2. The minimum absolute atomic E-state index is 0.0132. The van der Waals surface area contributed by atoms with E-state index in [2.05, 4.69) is 36.7 Å². The zero-order valence-electron chi connectivity index (χ0n) is 23.3. The van der Waals surface area contributed by atoms with E-state index in [1.807, 2.05) is 54.6 Å². The van der Waals surface area contributed by atoms with Crippen molar-refractivity contribution >= 4 is 40.5 Å². The standard InChI is InChI=1S/C33H33N3O4S/c1-33(2,3)25-16-12-23(13-17-25)30(37)34-26-8-7-9-27(22-26)35-32(41)36-31(38)24-14-18-29(19-15-24)40-21-20-39-28-10-5-4-6-11-28/h4-19,22H,20-21H2,1-3H3,(H,34,37)(H2,35,36,38,41). The van der Waals surface area contributed by atoms with Gasteiger partial charge in [0.1, 0.15) is 24.7 Å². The molecule has 4 rings (SSSR count). The van der Waals surface area contributed by atoms with Crippen LogP contribution >= 0.6 is 12.2 Å². The summed E-state index contributed by atoms with van der Waals surface area (Å²) in [6.45, 7) is 7.16. The Morgan fingerprint density at radius 1 is 0.659 bits per heavy atom. The smallest absolute Gasteiger partial charge is 0.257 e. The van der Waals surface area contributed by atoms with Gasteiger partial charge in [-0.05, 0) is 89.9 Å². The zero-order chi connectivity index (χ0) is 29.2. The molecular weight excluding hydrogens is 534 g/mol. The highest BCUT2D eigenvalue weighted by Gasteiger charge is 2.15. The van der Waals surface area contributed by atoms with E-state index in [0.717, 1.165) is 11.3 Å². The molecule has 7 nitrogen and oxygen atoms in total. The van der Waals surface area contributed by atoms with Gasteiger partial charge in [0.05, 0.1) is 0 Å². The van der Waals surface area contributed by atoms with Gasteiger partial charge < -0.3 is 20.1 Å².